The minimum absolute atomic E-state index is 0.129. The van der Waals surface area contributed by atoms with Crippen LogP contribution in [0.5, 0.6) is 0 Å². The molecule has 17 heteroatoms. The van der Waals surface area contributed by atoms with Gasteiger partial charge < -0.3 is 45.5 Å². The third-order valence-corrected chi connectivity index (χ3v) is 7.37. The number of benzene rings is 2. The molecule has 17 nitrogen and oxygen atoms in total. The van der Waals surface area contributed by atoms with Gasteiger partial charge in [-0.15, -0.1) is 0 Å². The molecule has 0 unspecified atom stereocenters. The number of nitrogens with zero attached hydrogens (tertiary/aromatic N) is 6. The summed E-state index contributed by atoms with van der Waals surface area (Å²) in [6, 6.07) is 16.0. The zero-order valence-electron chi connectivity index (χ0n) is 30.6. The third kappa shape index (κ3) is 19.4. The Morgan fingerprint density at radius 2 is 1.15 bits per heavy atom. The Hall–Kier alpha value is -5.06. The van der Waals surface area contributed by atoms with E-state index in [1.165, 1.54) is 19.3 Å². The topological polar surface area (TPSA) is 219 Å². The molecule has 288 valence electrons. The van der Waals surface area contributed by atoms with Crippen molar-refractivity contribution in [2.45, 2.75) is 39.0 Å². The molecule has 3 rings (SSSR count). The summed E-state index contributed by atoms with van der Waals surface area (Å²) in [6.07, 6.45) is 5.76. The van der Waals surface area contributed by atoms with Crippen LogP contribution in [-0.2, 0) is 18.9 Å². The second-order valence-electron chi connectivity index (χ2n) is 11.6. The predicted molar refractivity (Wildman–Crippen MR) is 204 cm³/mol. The van der Waals surface area contributed by atoms with Gasteiger partial charge in [0.1, 0.15) is 0 Å². The van der Waals surface area contributed by atoms with Gasteiger partial charge in [-0.05, 0) is 48.4 Å². The summed E-state index contributed by atoms with van der Waals surface area (Å²) in [7, 11) is 0. The van der Waals surface area contributed by atoms with Crippen molar-refractivity contribution >= 4 is 35.3 Å². The fraction of sp³-hybridized carbons (Fsp3) is 0.528. The molecule has 1 aromatic heterocycles. The molecule has 3 aromatic rings. The van der Waals surface area contributed by atoms with Crippen LogP contribution in [0.25, 0.3) is 10.4 Å². The molecule has 2 aromatic carbocycles. The second-order valence-corrected chi connectivity index (χ2v) is 11.6. The highest BCUT2D eigenvalue weighted by atomic mass is 16.5. The van der Waals surface area contributed by atoms with Crippen molar-refractivity contribution in [1.82, 2.24) is 25.6 Å². The maximum Gasteiger partial charge on any atom is 0.251 e. The van der Waals surface area contributed by atoms with E-state index in [1.807, 2.05) is 18.2 Å². The Morgan fingerprint density at radius 1 is 0.623 bits per heavy atom. The van der Waals surface area contributed by atoms with Crippen LogP contribution < -0.4 is 26.6 Å². The molecular weight excluding hydrogens is 682 g/mol. The SMILES string of the molecule is CCCCCCCNc1nc(NCCOCCOCCNC(=O)c2ccccc2)nc(Nc2ccc(C(=O)NCCOCCOCCN=[N+]=[N-])cc2)n1. The Balaban J connectivity index is 1.39. The quantitative estimate of drug-likeness (QED) is 0.0266. The number of aromatic nitrogens is 3. The first kappa shape index (κ1) is 42.4. The van der Waals surface area contributed by atoms with E-state index in [9.17, 15) is 9.59 Å². The van der Waals surface area contributed by atoms with Gasteiger partial charge in [0.25, 0.3) is 11.8 Å². The molecule has 0 bridgehead atoms. The van der Waals surface area contributed by atoms with Crippen LogP contribution in [0.1, 0.15) is 59.7 Å². The zero-order valence-corrected chi connectivity index (χ0v) is 30.6. The average molecular weight is 736 g/mol. The lowest BCUT2D eigenvalue weighted by Gasteiger charge is -2.12. The third-order valence-electron chi connectivity index (χ3n) is 7.37. The van der Waals surface area contributed by atoms with Crippen LogP contribution in [0.2, 0.25) is 0 Å². The lowest BCUT2D eigenvalue weighted by molar-refractivity contribution is 0.0511. The number of unbranched alkanes of at least 4 members (excludes halogenated alkanes) is 4. The number of azide groups is 1. The van der Waals surface area contributed by atoms with Crippen molar-refractivity contribution in [3.8, 4) is 0 Å². The summed E-state index contributed by atoms with van der Waals surface area (Å²) >= 11 is 0. The standard InChI is InChI=1S/C36H53N11O6/c1-2-3-4-5-9-16-40-34-44-35(41-19-23-52-26-25-50-21-17-38-32(48)29-10-7-6-8-11-29)46-36(45-34)43-31-14-12-30(13-15-31)33(49)39-18-22-51-27-28-53-24-20-42-47-37/h6-8,10-15H,2-5,9,16-28H2,1H3,(H,38,48)(H,39,49)(H3,40,41,43,44,45,46). The highest BCUT2D eigenvalue weighted by molar-refractivity contribution is 5.94. The molecule has 0 fully saturated rings. The predicted octanol–water partition coefficient (Wildman–Crippen LogP) is 4.95. The number of nitrogens with one attached hydrogen (secondary N) is 5. The minimum Gasteiger partial charge on any atom is -0.379 e. The van der Waals surface area contributed by atoms with Gasteiger partial charge in [-0.1, -0.05) is 55.9 Å². The summed E-state index contributed by atoms with van der Waals surface area (Å²) in [5.74, 6) is 0.843. The lowest BCUT2D eigenvalue weighted by atomic mass is 10.1. The largest absolute Gasteiger partial charge is 0.379 e. The van der Waals surface area contributed by atoms with Crippen LogP contribution in [0.4, 0.5) is 23.5 Å². The molecule has 0 atom stereocenters. The maximum absolute atomic E-state index is 12.6. The molecule has 0 aliphatic heterocycles. The summed E-state index contributed by atoms with van der Waals surface area (Å²) in [5, 5.41) is 18.8. The molecule has 0 saturated heterocycles. The molecular formula is C36H53N11O6. The normalized spacial score (nSPS) is 10.7. The summed E-state index contributed by atoms with van der Waals surface area (Å²) in [6.45, 7) is 7.49. The monoisotopic (exact) mass is 735 g/mol. The Morgan fingerprint density at radius 3 is 1.75 bits per heavy atom. The Bertz CT molecular complexity index is 1500. The van der Waals surface area contributed by atoms with Crippen molar-refractivity contribution in [3.63, 3.8) is 0 Å². The van der Waals surface area contributed by atoms with Crippen LogP contribution in [0.15, 0.2) is 59.7 Å². The molecule has 0 radical (unpaired) electrons. The van der Waals surface area contributed by atoms with Crippen LogP contribution in [0.3, 0.4) is 0 Å². The number of ether oxygens (including phenoxy) is 4. The van der Waals surface area contributed by atoms with E-state index in [0.29, 0.717) is 107 Å². The number of carbonyl (C=O) groups excluding carboxylic acids is 2. The highest BCUT2D eigenvalue weighted by Crippen LogP contribution is 2.17. The van der Waals surface area contributed by atoms with Gasteiger partial charge in [0.05, 0.1) is 52.9 Å². The first-order chi connectivity index (χ1) is 26.1. The van der Waals surface area contributed by atoms with E-state index in [4.69, 9.17) is 24.5 Å². The van der Waals surface area contributed by atoms with Crippen LogP contribution >= 0.6 is 0 Å². The maximum atomic E-state index is 12.6. The van der Waals surface area contributed by atoms with Gasteiger partial charge in [0.2, 0.25) is 17.8 Å². The van der Waals surface area contributed by atoms with Crippen molar-refractivity contribution in [2.75, 3.05) is 102 Å². The number of rotatable bonds is 30. The lowest BCUT2D eigenvalue weighted by Crippen LogP contribution is -2.27. The highest BCUT2D eigenvalue weighted by Gasteiger charge is 2.09. The first-order valence-electron chi connectivity index (χ1n) is 18.1. The number of hydrogen-bond donors (Lipinski definition) is 5. The average Bonchev–Trinajstić information content (AvgIpc) is 3.18. The van der Waals surface area contributed by atoms with Gasteiger partial charge in [-0.25, -0.2) is 0 Å². The van der Waals surface area contributed by atoms with E-state index in [2.05, 4.69) is 58.5 Å². The van der Waals surface area contributed by atoms with Crippen molar-refractivity contribution < 1.29 is 28.5 Å². The fourth-order valence-corrected chi connectivity index (χ4v) is 4.65. The molecule has 53 heavy (non-hydrogen) atoms. The van der Waals surface area contributed by atoms with E-state index >= 15 is 0 Å². The molecule has 1 heterocycles. The number of anilines is 4. The van der Waals surface area contributed by atoms with Crippen molar-refractivity contribution in [1.29, 1.82) is 0 Å². The Kier molecular flexibility index (Phi) is 22.0. The fourth-order valence-electron chi connectivity index (χ4n) is 4.65. The smallest absolute Gasteiger partial charge is 0.251 e. The Labute approximate surface area is 311 Å². The molecule has 0 aliphatic rings. The number of carbonyl (C=O) groups is 2. The first-order valence-corrected chi connectivity index (χ1v) is 18.1. The zero-order chi connectivity index (χ0) is 37.6. The van der Waals surface area contributed by atoms with Gasteiger partial charge in [0, 0.05) is 54.4 Å². The summed E-state index contributed by atoms with van der Waals surface area (Å²) in [5.41, 5.74) is 10.1. The van der Waals surface area contributed by atoms with Gasteiger partial charge in [-0.2, -0.15) is 15.0 Å². The number of amides is 2. The van der Waals surface area contributed by atoms with E-state index in [0.717, 1.165) is 19.4 Å². The van der Waals surface area contributed by atoms with Gasteiger partial charge in [-0.3, -0.25) is 9.59 Å². The van der Waals surface area contributed by atoms with E-state index in [1.54, 1.807) is 36.4 Å². The molecule has 0 spiro atoms. The van der Waals surface area contributed by atoms with Crippen LogP contribution in [0, 0.1) is 0 Å². The molecule has 5 N–H and O–H groups in total. The van der Waals surface area contributed by atoms with E-state index in [-0.39, 0.29) is 18.4 Å². The summed E-state index contributed by atoms with van der Waals surface area (Å²) < 4.78 is 22.0. The van der Waals surface area contributed by atoms with Crippen molar-refractivity contribution in [2.24, 2.45) is 5.11 Å². The summed E-state index contributed by atoms with van der Waals surface area (Å²) in [4.78, 5) is 40.9. The molecule has 0 saturated carbocycles. The van der Waals surface area contributed by atoms with E-state index < -0.39 is 0 Å². The minimum atomic E-state index is -0.219. The number of hydrogen-bond acceptors (Lipinski definition) is 13. The second kappa shape index (κ2) is 27.6. The molecule has 0 aliphatic carbocycles. The van der Waals surface area contributed by atoms with Gasteiger partial charge >= 0.3 is 0 Å². The molecule has 2 amide bonds. The van der Waals surface area contributed by atoms with Crippen LogP contribution in [-0.4, -0.2) is 112 Å². The van der Waals surface area contributed by atoms with Crippen molar-refractivity contribution in [3.05, 3.63) is 76.2 Å². The van der Waals surface area contributed by atoms with Gasteiger partial charge in [0.15, 0.2) is 0 Å².